The fraction of sp³-hybridized carbons (Fsp3) is 0.0500. The summed E-state index contributed by atoms with van der Waals surface area (Å²) in [7, 11) is -3.53. The fourth-order valence-electron chi connectivity index (χ4n) is 2.58. The van der Waals surface area contributed by atoms with Crippen molar-refractivity contribution in [2.75, 3.05) is 11.6 Å². The van der Waals surface area contributed by atoms with E-state index in [1.807, 2.05) is 48.5 Å². The number of sulfone groups is 1. The third-order valence-corrected chi connectivity index (χ3v) is 5.43. The van der Waals surface area contributed by atoms with Gasteiger partial charge in [-0.1, -0.05) is 60.1 Å². The van der Waals surface area contributed by atoms with Gasteiger partial charge in [0.1, 0.15) is 0 Å². The molecule has 1 amide bonds. The largest absolute Gasteiger partial charge is 0.321 e. The zero-order chi connectivity index (χ0) is 18.7. The number of amides is 1. The maximum atomic E-state index is 12.6. The molecule has 0 fully saturated rings. The molecule has 0 unspecified atom stereocenters. The molecule has 0 saturated carbocycles. The lowest BCUT2D eigenvalue weighted by Gasteiger charge is -2.12. The monoisotopic (exact) mass is 385 g/mol. The highest BCUT2D eigenvalue weighted by Gasteiger charge is 2.16. The van der Waals surface area contributed by atoms with Crippen LogP contribution >= 0.6 is 11.6 Å². The van der Waals surface area contributed by atoms with Gasteiger partial charge in [-0.05, 0) is 29.8 Å². The standard InChI is InChI=1S/C20H16ClNO3S/c1-26(24,25)19-13-15(11-12-17(19)21)20(23)22-18-10-6-5-9-16(18)14-7-3-2-4-8-14/h2-13H,1H3,(H,22,23). The molecule has 0 atom stereocenters. The zero-order valence-electron chi connectivity index (χ0n) is 13.9. The van der Waals surface area contributed by atoms with Gasteiger partial charge in [-0.15, -0.1) is 0 Å². The molecule has 6 heteroatoms. The molecule has 0 aromatic heterocycles. The molecule has 0 radical (unpaired) electrons. The minimum atomic E-state index is -3.53. The SMILES string of the molecule is CS(=O)(=O)c1cc(C(=O)Nc2ccccc2-c2ccccc2)ccc1Cl. The van der Waals surface area contributed by atoms with Crippen LogP contribution in [0.25, 0.3) is 11.1 Å². The van der Waals surface area contributed by atoms with Gasteiger partial charge < -0.3 is 5.32 Å². The Morgan fingerprint density at radius 3 is 2.27 bits per heavy atom. The molecule has 0 bridgehead atoms. The Balaban J connectivity index is 1.95. The summed E-state index contributed by atoms with van der Waals surface area (Å²) >= 11 is 5.94. The van der Waals surface area contributed by atoms with Crippen molar-refractivity contribution in [2.45, 2.75) is 4.90 Å². The van der Waals surface area contributed by atoms with Crippen molar-refractivity contribution in [2.24, 2.45) is 0 Å². The molecule has 0 aliphatic rings. The van der Waals surface area contributed by atoms with E-state index < -0.39 is 15.7 Å². The van der Waals surface area contributed by atoms with Crippen molar-refractivity contribution in [1.82, 2.24) is 0 Å². The molecular weight excluding hydrogens is 370 g/mol. The third-order valence-electron chi connectivity index (χ3n) is 3.85. The zero-order valence-corrected chi connectivity index (χ0v) is 15.5. The Kier molecular flexibility index (Phi) is 5.11. The molecule has 3 aromatic rings. The van der Waals surface area contributed by atoms with Crippen LogP contribution < -0.4 is 5.32 Å². The van der Waals surface area contributed by atoms with Gasteiger partial charge in [0.05, 0.1) is 9.92 Å². The average Bonchev–Trinajstić information content (AvgIpc) is 2.62. The molecule has 26 heavy (non-hydrogen) atoms. The van der Waals surface area contributed by atoms with Gasteiger partial charge >= 0.3 is 0 Å². The number of rotatable bonds is 4. The smallest absolute Gasteiger partial charge is 0.255 e. The Labute approximate surface area is 157 Å². The van der Waals surface area contributed by atoms with Crippen molar-refractivity contribution >= 4 is 33.0 Å². The first-order valence-corrected chi connectivity index (χ1v) is 10.1. The third kappa shape index (κ3) is 3.95. The van der Waals surface area contributed by atoms with Crippen LogP contribution in [0.15, 0.2) is 77.7 Å². The summed E-state index contributed by atoms with van der Waals surface area (Å²) in [4.78, 5) is 12.6. The number of para-hydroxylation sites is 1. The van der Waals surface area contributed by atoms with E-state index >= 15 is 0 Å². The maximum absolute atomic E-state index is 12.6. The van der Waals surface area contributed by atoms with E-state index in [0.29, 0.717) is 5.69 Å². The Bertz CT molecular complexity index is 1060. The molecule has 3 rings (SSSR count). The second-order valence-corrected chi connectivity index (χ2v) is 8.17. The predicted molar refractivity (Wildman–Crippen MR) is 104 cm³/mol. The van der Waals surface area contributed by atoms with Gasteiger partial charge in [0, 0.05) is 23.1 Å². The van der Waals surface area contributed by atoms with Crippen molar-refractivity contribution < 1.29 is 13.2 Å². The number of hydrogen-bond donors (Lipinski definition) is 1. The first kappa shape index (κ1) is 18.2. The number of carbonyl (C=O) groups excluding carboxylic acids is 1. The first-order valence-electron chi connectivity index (χ1n) is 7.81. The van der Waals surface area contributed by atoms with Gasteiger partial charge in [-0.2, -0.15) is 0 Å². The molecule has 3 aromatic carbocycles. The van der Waals surface area contributed by atoms with Crippen molar-refractivity contribution in [3.63, 3.8) is 0 Å². The quantitative estimate of drug-likeness (QED) is 0.710. The molecule has 4 nitrogen and oxygen atoms in total. The first-order chi connectivity index (χ1) is 12.4. The normalized spacial score (nSPS) is 11.2. The van der Waals surface area contributed by atoms with Gasteiger partial charge in [-0.3, -0.25) is 4.79 Å². The van der Waals surface area contributed by atoms with Crippen LogP contribution in [0.2, 0.25) is 5.02 Å². The number of hydrogen-bond acceptors (Lipinski definition) is 3. The van der Waals surface area contributed by atoms with E-state index in [2.05, 4.69) is 5.32 Å². The Morgan fingerprint density at radius 1 is 0.923 bits per heavy atom. The number of nitrogens with one attached hydrogen (secondary N) is 1. The molecule has 1 N–H and O–H groups in total. The summed E-state index contributed by atoms with van der Waals surface area (Å²) in [6.07, 6.45) is 1.06. The highest BCUT2D eigenvalue weighted by atomic mass is 35.5. The van der Waals surface area contributed by atoms with Crippen LogP contribution in [0.3, 0.4) is 0 Å². The van der Waals surface area contributed by atoms with Crippen molar-refractivity contribution in [3.8, 4) is 11.1 Å². The van der Waals surface area contributed by atoms with Gasteiger partial charge in [0.2, 0.25) is 0 Å². The molecule has 132 valence electrons. The van der Waals surface area contributed by atoms with Gasteiger partial charge in [0.15, 0.2) is 9.84 Å². The molecule has 0 aliphatic carbocycles. The summed E-state index contributed by atoms with van der Waals surface area (Å²) in [6, 6.07) is 21.3. The fourth-order valence-corrected chi connectivity index (χ4v) is 3.89. The van der Waals surface area contributed by atoms with Crippen LogP contribution in [0.5, 0.6) is 0 Å². The molecule has 0 saturated heterocycles. The van der Waals surface area contributed by atoms with Gasteiger partial charge in [-0.25, -0.2) is 8.42 Å². The van der Waals surface area contributed by atoms with Crippen LogP contribution in [-0.2, 0) is 9.84 Å². The summed E-state index contributed by atoms with van der Waals surface area (Å²) in [5.41, 5.74) is 2.70. The summed E-state index contributed by atoms with van der Waals surface area (Å²) < 4.78 is 23.6. The van der Waals surface area contributed by atoms with Crippen LogP contribution in [0.1, 0.15) is 10.4 Å². The molecular formula is C20H16ClNO3S. The number of benzene rings is 3. The summed E-state index contributed by atoms with van der Waals surface area (Å²) in [5.74, 6) is -0.407. The molecule has 0 heterocycles. The molecule has 0 spiro atoms. The maximum Gasteiger partial charge on any atom is 0.255 e. The van der Waals surface area contributed by atoms with E-state index in [-0.39, 0.29) is 15.5 Å². The lowest BCUT2D eigenvalue weighted by Crippen LogP contribution is -2.13. The van der Waals surface area contributed by atoms with Crippen LogP contribution in [0, 0.1) is 0 Å². The minimum absolute atomic E-state index is 0.0665. The second-order valence-electron chi connectivity index (χ2n) is 5.78. The van der Waals surface area contributed by atoms with Gasteiger partial charge in [0.25, 0.3) is 5.91 Å². The Morgan fingerprint density at radius 2 is 1.58 bits per heavy atom. The number of anilines is 1. The predicted octanol–water partition coefficient (Wildman–Crippen LogP) is 4.66. The van der Waals surface area contributed by atoms with Crippen LogP contribution in [-0.4, -0.2) is 20.6 Å². The minimum Gasteiger partial charge on any atom is -0.321 e. The average molecular weight is 386 g/mol. The summed E-state index contributed by atoms with van der Waals surface area (Å²) in [5, 5.41) is 2.94. The van der Waals surface area contributed by atoms with Crippen molar-refractivity contribution in [3.05, 3.63) is 83.4 Å². The highest BCUT2D eigenvalue weighted by Crippen LogP contribution is 2.28. The number of halogens is 1. The topological polar surface area (TPSA) is 63.2 Å². The highest BCUT2D eigenvalue weighted by molar-refractivity contribution is 7.90. The summed E-state index contributed by atoms with van der Waals surface area (Å²) in [6.45, 7) is 0. The lowest BCUT2D eigenvalue weighted by molar-refractivity contribution is 0.102. The van der Waals surface area contributed by atoms with Crippen LogP contribution in [0.4, 0.5) is 5.69 Å². The Hall–Kier alpha value is -2.63. The lowest BCUT2D eigenvalue weighted by atomic mass is 10.0. The number of carbonyl (C=O) groups is 1. The van der Waals surface area contributed by atoms with E-state index in [1.165, 1.54) is 18.2 Å². The second kappa shape index (κ2) is 7.32. The van der Waals surface area contributed by atoms with E-state index in [9.17, 15) is 13.2 Å². The van der Waals surface area contributed by atoms with E-state index in [4.69, 9.17) is 11.6 Å². The van der Waals surface area contributed by atoms with Crippen molar-refractivity contribution in [1.29, 1.82) is 0 Å². The molecule has 0 aliphatic heterocycles. The van der Waals surface area contributed by atoms with E-state index in [1.54, 1.807) is 6.07 Å². The van der Waals surface area contributed by atoms with E-state index in [0.717, 1.165) is 17.4 Å².